The molecule has 0 saturated carbocycles. The van der Waals surface area contributed by atoms with Gasteiger partial charge in [0, 0.05) is 27.2 Å². The van der Waals surface area contributed by atoms with Crippen molar-refractivity contribution < 1.29 is 4.42 Å². The Kier molecular flexibility index (Phi) is 7.22. The summed E-state index contributed by atoms with van der Waals surface area (Å²) in [6.45, 7) is 0. The lowest BCUT2D eigenvalue weighted by Gasteiger charge is -2.20. The molecule has 0 aliphatic carbocycles. The van der Waals surface area contributed by atoms with E-state index in [9.17, 15) is 10.5 Å². The number of benzene rings is 8. The van der Waals surface area contributed by atoms with Crippen LogP contribution in [0.4, 0.5) is 0 Å². The minimum Gasteiger partial charge on any atom is -0.456 e. The van der Waals surface area contributed by atoms with Crippen LogP contribution in [0.5, 0.6) is 0 Å². The maximum Gasteiger partial charge on any atom is 0.135 e. The van der Waals surface area contributed by atoms with Crippen LogP contribution in [-0.2, 0) is 0 Å². The van der Waals surface area contributed by atoms with Gasteiger partial charge in [0.25, 0.3) is 0 Å². The Bertz CT molecular complexity index is 3170. The number of nitriles is 2. The van der Waals surface area contributed by atoms with Gasteiger partial charge in [0.1, 0.15) is 11.2 Å². The molecule has 10 rings (SSSR count). The first-order chi connectivity index (χ1) is 26.7. The molecule has 54 heavy (non-hydrogen) atoms. The maximum absolute atomic E-state index is 9.73. The number of furan rings is 1. The lowest BCUT2D eigenvalue weighted by Crippen LogP contribution is -1.96. The van der Waals surface area contributed by atoms with Crippen LogP contribution < -0.4 is 0 Å². The second-order valence-electron chi connectivity index (χ2n) is 13.6. The zero-order valence-corrected chi connectivity index (χ0v) is 29.0. The average molecular weight is 688 g/mol. The van der Waals surface area contributed by atoms with Gasteiger partial charge in [-0.1, -0.05) is 97.1 Å². The molecule has 0 N–H and O–H groups in total. The minimum atomic E-state index is 0.596. The highest BCUT2D eigenvalue weighted by Gasteiger charge is 2.20. The first-order valence-electron chi connectivity index (χ1n) is 17.9. The largest absolute Gasteiger partial charge is 0.456 e. The van der Waals surface area contributed by atoms with E-state index in [-0.39, 0.29) is 0 Å². The Morgan fingerprint density at radius 1 is 0.389 bits per heavy atom. The van der Waals surface area contributed by atoms with Crippen LogP contribution in [0.25, 0.3) is 93.9 Å². The van der Waals surface area contributed by atoms with Crippen molar-refractivity contribution in [2.24, 2.45) is 0 Å². The third kappa shape index (κ3) is 5.06. The summed E-state index contributed by atoms with van der Waals surface area (Å²) in [4.78, 5) is 0. The summed E-state index contributed by atoms with van der Waals surface area (Å²) in [7, 11) is 0. The molecule has 8 aromatic carbocycles. The minimum absolute atomic E-state index is 0.596. The van der Waals surface area contributed by atoms with E-state index in [0.29, 0.717) is 11.1 Å². The highest BCUT2D eigenvalue weighted by atomic mass is 16.3. The monoisotopic (exact) mass is 687 g/mol. The summed E-state index contributed by atoms with van der Waals surface area (Å²) in [6.07, 6.45) is 0. The van der Waals surface area contributed by atoms with Gasteiger partial charge in [-0.2, -0.15) is 10.5 Å². The molecule has 2 heterocycles. The smallest absolute Gasteiger partial charge is 0.135 e. The zero-order chi connectivity index (χ0) is 36.2. The van der Waals surface area contributed by atoms with Crippen LogP contribution in [0.15, 0.2) is 180 Å². The molecule has 250 valence electrons. The van der Waals surface area contributed by atoms with Gasteiger partial charge < -0.3 is 8.98 Å². The van der Waals surface area contributed by atoms with Gasteiger partial charge in [-0.3, -0.25) is 0 Å². The fraction of sp³-hybridized carbons (Fsp3) is 0. The number of rotatable bonds is 5. The molecule has 0 unspecified atom stereocenters. The van der Waals surface area contributed by atoms with Gasteiger partial charge in [-0.15, -0.1) is 0 Å². The number of hydrogen-bond donors (Lipinski definition) is 0. The molecule has 2 aromatic heterocycles. The highest BCUT2D eigenvalue weighted by molar-refractivity contribution is 6.10. The summed E-state index contributed by atoms with van der Waals surface area (Å²) in [6, 6.07) is 65.4. The number of hydrogen-bond acceptors (Lipinski definition) is 3. The van der Waals surface area contributed by atoms with Crippen LogP contribution >= 0.6 is 0 Å². The molecule has 4 heteroatoms. The van der Waals surface area contributed by atoms with Gasteiger partial charge in [0.05, 0.1) is 34.3 Å². The van der Waals surface area contributed by atoms with E-state index < -0.39 is 0 Å². The Labute approximate surface area is 311 Å². The van der Waals surface area contributed by atoms with Crippen LogP contribution in [0.2, 0.25) is 0 Å². The SMILES string of the molecule is N#Cc1ccc2oc3ccc(-c4c(-c5ccccc5)cc(-c5ccccc5)cc4-c4cccc(-n5c6ccccc6c6cc(C#N)ccc65)c4)cc3c2c1. The number of nitrogens with zero attached hydrogens (tertiary/aromatic N) is 3. The Balaban J connectivity index is 1.28. The Morgan fingerprint density at radius 2 is 0.981 bits per heavy atom. The fourth-order valence-electron chi connectivity index (χ4n) is 7.96. The average Bonchev–Trinajstić information content (AvgIpc) is 3.78. The number of para-hydroxylation sites is 1. The lowest BCUT2D eigenvalue weighted by molar-refractivity contribution is 0.669. The number of aromatic nitrogens is 1. The van der Waals surface area contributed by atoms with Crippen LogP contribution in [-0.4, -0.2) is 4.57 Å². The lowest BCUT2D eigenvalue weighted by atomic mass is 9.84. The molecular weight excluding hydrogens is 659 g/mol. The normalized spacial score (nSPS) is 11.3. The quantitative estimate of drug-likeness (QED) is 0.181. The number of fused-ring (bicyclic) bond motifs is 6. The summed E-state index contributed by atoms with van der Waals surface area (Å²) in [5.74, 6) is 0. The predicted octanol–water partition coefficient (Wildman–Crippen LogP) is 13.1. The molecule has 0 aliphatic heterocycles. The molecule has 0 atom stereocenters. The molecule has 10 aromatic rings. The standard InChI is InChI=1S/C50H29N3O/c51-30-32-18-21-47-43(24-32)40-16-7-8-17-46(40)53(47)39-15-9-14-36(26-39)42-29-38(34-10-3-1-4-11-34)28-41(35-12-5-2-6-13-35)50(42)37-20-23-49-45(27-37)44-25-33(31-52)19-22-48(44)54-49/h1-29H. The van der Waals surface area contributed by atoms with Crippen molar-refractivity contribution in [1.82, 2.24) is 4.57 Å². The third-order valence-electron chi connectivity index (χ3n) is 10.4. The molecule has 0 saturated heterocycles. The van der Waals surface area contributed by atoms with Gasteiger partial charge in [-0.25, -0.2) is 0 Å². The van der Waals surface area contributed by atoms with Crippen LogP contribution in [0.1, 0.15) is 11.1 Å². The van der Waals surface area contributed by atoms with Gasteiger partial charge >= 0.3 is 0 Å². The van der Waals surface area contributed by atoms with Crippen molar-refractivity contribution >= 4 is 43.7 Å². The fourth-order valence-corrected chi connectivity index (χ4v) is 7.96. The molecule has 0 amide bonds. The molecular formula is C50H29N3O. The van der Waals surface area contributed by atoms with Crippen molar-refractivity contribution in [2.45, 2.75) is 0 Å². The maximum atomic E-state index is 9.73. The van der Waals surface area contributed by atoms with E-state index in [1.54, 1.807) is 6.07 Å². The second-order valence-corrected chi connectivity index (χ2v) is 13.6. The van der Waals surface area contributed by atoms with E-state index in [2.05, 4.69) is 150 Å². The van der Waals surface area contributed by atoms with Crippen molar-refractivity contribution in [2.75, 3.05) is 0 Å². The van der Waals surface area contributed by atoms with E-state index in [4.69, 9.17) is 4.42 Å². The Morgan fingerprint density at radius 3 is 1.74 bits per heavy atom. The first kappa shape index (κ1) is 31.1. The Hall–Kier alpha value is -7.66. The van der Waals surface area contributed by atoms with E-state index in [1.165, 1.54) is 0 Å². The van der Waals surface area contributed by atoms with Gasteiger partial charge in [0.2, 0.25) is 0 Å². The molecule has 0 spiro atoms. The molecule has 4 nitrogen and oxygen atoms in total. The topological polar surface area (TPSA) is 65.7 Å². The first-order valence-corrected chi connectivity index (χ1v) is 17.9. The van der Waals surface area contributed by atoms with Crippen molar-refractivity contribution in [1.29, 1.82) is 10.5 Å². The van der Waals surface area contributed by atoms with Gasteiger partial charge in [0.15, 0.2) is 0 Å². The summed E-state index contributed by atoms with van der Waals surface area (Å²) in [5, 5.41) is 23.5. The molecule has 0 fully saturated rings. The predicted molar refractivity (Wildman–Crippen MR) is 219 cm³/mol. The second kappa shape index (κ2) is 12.5. The molecule has 0 radical (unpaired) electrons. The summed E-state index contributed by atoms with van der Waals surface area (Å²) < 4.78 is 8.56. The molecule has 0 aliphatic rings. The van der Waals surface area contributed by atoms with Crippen molar-refractivity contribution in [3.05, 3.63) is 187 Å². The van der Waals surface area contributed by atoms with E-state index in [0.717, 1.165) is 93.9 Å². The van der Waals surface area contributed by atoms with Crippen molar-refractivity contribution in [3.63, 3.8) is 0 Å². The van der Waals surface area contributed by atoms with E-state index in [1.807, 2.05) is 36.4 Å². The molecule has 0 bridgehead atoms. The summed E-state index contributed by atoms with van der Waals surface area (Å²) in [5.41, 5.74) is 14.7. The van der Waals surface area contributed by atoms with Gasteiger partial charge in [-0.05, 0) is 123 Å². The van der Waals surface area contributed by atoms with E-state index >= 15 is 0 Å². The highest BCUT2D eigenvalue weighted by Crippen LogP contribution is 2.45. The third-order valence-corrected chi connectivity index (χ3v) is 10.4. The zero-order valence-electron chi connectivity index (χ0n) is 29.0. The van der Waals surface area contributed by atoms with Crippen LogP contribution in [0, 0.1) is 22.7 Å². The van der Waals surface area contributed by atoms with Crippen LogP contribution in [0.3, 0.4) is 0 Å². The summed E-state index contributed by atoms with van der Waals surface area (Å²) >= 11 is 0. The van der Waals surface area contributed by atoms with Crippen molar-refractivity contribution in [3.8, 4) is 62.3 Å².